The van der Waals surface area contributed by atoms with Crippen molar-refractivity contribution in [3.05, 3.63) is 64.7 Å². The Labute approximate surface area is 111 Å². The number of benzene rings is 2. The van der Waals surface area contributed by atoms with Gasteiger partial charge in [-0.1, -0.05) is 30.3 Å². The zero-order chi connectivity index (χ0) is 14.0. The number of aromatic hydroxyl groups is 1. The molecule has 0 bridgehead atoms. The zero-order valence-electron chi connectivity index (χ0n) is 10.8. The molecule has 19 heavy (non-hydrogen) atoms. The van der Waals surface area contributed by atoms with Gasteiger partial charge in [-0.05, 0) is 31.5 Å². The number of phenolic OH excluding ortho intramolecular Hbond substituents is 1. The first-order chi connectivity index (χ1) is 9.00. The highest BCUT2D eigenvalue weighted by Gasteiger charge is 2.17. The Morgan fingerprint density at radius 3 is 2.21 bits per heavy atom. The molecule has 0 saturated carbocycles. The van der Waals surface area contributed by atoms with Crippen molar-refractivity contribution in [2.75, 3.05) is 0 Å². The predicted molar refractivity (Wildman–Crippen MR) is 72.7 cm³/mol. The summed E-state index contributed by atoms with van der Waals surface area (Å²) < 4.78 is 0. The van der Waals surface area contributed by atoms with Crippen molar-refractivity contribution >= 4 is 11.6 Å². The van der Waals surface area contributed by atoms with E-state index < -0.39 is 0 Å². The first-order valence-corrected chi connectivity index (χ1v) is 5.95. The van der Waals surface area contributed by atoms with Gasteiger partial charge in [0, 0.05) is 11.1 Å². The highest BCUT2D eigenvalue weighted by molar-refractivity contribution is 6.12. The maximum Gasteiger partial charge on any atom is 0.196 e. The summed E-state index contributed by atoms with van der Waals surface area (Å²) in [5.41, 5.74) is 1.75. The van der Waals surface area contributed by atoms with E-state index in [1.165, 1.54) is 19.1 Å². The molecule has 96 valence electrons. The van der Waals surface area contributed by atoms with Gasteiger partial charge >= 0.3 is 0 Å². The third-order valence-corrected chi connectivity index (χ3v) is 3.00. The molecule has 1 N–H and O–H groups in total. The molecule has 0 unspecified atom stereocenters. The lowest BCUT2D eigenvalue weighted by molar-refractivity contribution is 0.101. The van der Waals surface area contributed by atoms with Gasteiger partial charge in [0.15, 0.2) is 11.6 Å². The topological polar surface area (TPSA) is 54.4 Å². The van der Waals surface area contributed by atoms with Gasteiger partial charge in [0.25, 0.3) is 0 Å². The minimum absolute atomic E-state index is 0.101. The van der Waals surface area contributed by atoms with E-state index in [-0.39, 0.29) is 22.9 Å². The summed E-state index contributed by atoms with van der Waals surface area (Å²) in [4.78, 5) is 23.8. The number of aryl methyl sites for hydroxylation is 1. The van der Waals surface area contributed by atoms with Gasteiger partial charge in [-0.25, -0.2) is 0 Å². The largest absolute Gasteiger partial charge is 0.507 e. The van der Waals surface area contributed by atoms with Gasteiger partial charge in [0.2, 0.25) is 0 Å². The Morgan fingerprint density at radius 2 is 1.63 bits per heavy atom. The summed E-state index contributed by atoms with van der Waals surface area (Å²) in [6, 6.07) is 11.6. The average molecular weight is 254 g/mol. The number of rotatable bonds is 3. The van der Waals surface area contributed by atoms with Crippen LogP contribution in [0.25, 0.3) is 0 Å². The molecule has 0 aliphatic heterocycles. The summed E-state index contributed by atoms with van der Waals surface area (Å²) in [7, 11) is 0. The minimum atomic E-state index is -0.291. The van der Waals surface area contributed by atoms with Crippen LogP contribution in [0.5, 0.6) is 5.75 Å². The molecule has 3 heteroatoms. The summed E-state index contributed by atoms with van der Waals surface area (Å²) in [5.74, 6) is -0.517. The van der Waals surface area contributed by atoms with E-state index in [9.17, 15) is 14.7 Å². The van der Waals surface area contributed by atoms with Crippen molar-refractivity contribution < 1.29 is 14.7 Å². The first-order valence-electron chi connectivity index (χ1n) is 5.95. The van der Waals surface area contributed by atoms with Crippen molar-refractivity contribution in [1.29, 1.82) is 0 Å². The quantitative estimate of drug-likeness (QED) is 0.856. The van der Waals surface area contributed by atoms with E-state index in [4.69, 9.17) is 0 Å². The number of phenols is 1. The molecule has 3 nitrogen and oxygen atoms in total. The van der Waals surface area contributed by atoms with E-state index in [1.807, 2.05) is 6.07 Å². The van der Waals surface area contributed by atoms with Crippen LogP contribution in [0.2, 0.25) is 0 Å². The molecule has 0 atom stereocenters. The molecule has 0 radical (unpaired) electrons. The molecule has 2 aromatic rings. The van der Waals surface area contributed by atoms with Crippen LogP contribution in [0.1, 0.15) is 38.8 Å². The van der Waals surface area contributed by atoms with Gasteiger partial charge in [0.1, 0.15) is 5.75 Å². The van der Waals surface area contributed by atoms with E-state index in [1.54, 1.807) is 31.2 Å². The second-order valence-electron chi connectivity index (χ2n) is 4.44. The summed E-state index contributed by atoms with van der Waals surface area (Å²) in [5, 5.41) is 9.90. The molecule has 0 aliphatic carbocycles. The third-order valence-electron chi connectivity index (χ3n) is 3.00. The SMILES string of the molecule is CC(=O)c1cc(C(=O)c2ccccc2)c(O)cc1C. The number of carbonyl (C=O) groups excluding carboxylic acids is 2. The molecular weight excluding hydrogens is 240 g/mol. The summed E-state index contributed by atoms with van der Waals surface area (Å²) in [6.07, 6.45) is 0. The van der Waals surface area contributed by atoms with Crippen molar-refractivity contribution in [3.8, 4) is 5.75 Å². The second-order valence-corrected chi connectivity index (χ2v) is 4.44. The number of Topliss-reactive ketones (excluding diaryl/α,β-unsaturated/α-hetero) is 1. The fraction of sp³-hybridized carbons (Fsp3) is 0.125. The van der Waals surface area contributed by atoms with Crippen LogP contribution in [-0.4, -0.2) is 16.7 Å². The van der Waals surface area contributed by atoms with Crippen molar-refractivity contribution in [2.45, 2.75) is 13.8 Å². The lowest BCUT2D eigenvalue weighted by atomic mass is 9.96. The smallest absolute Gasteiger partial charge is 0.196 e. The van der Waals surface area contributed by atoms with Gasteiger partial charge in [-0.3, -0.25) is 9.59 Å². The monoisotopic (exact) mass is 254 g/mol. The molecule has 2 aromatic carbocycles. The maximum atomic E-state index is 12.3. The van der Waals surface area contributed by atoms with Crippen LogP contribution in [0.3, 0.4) is 0 Å². The molecule has 0 saturated heterocycles. The Morgan fingerprint density at radius 1 is 1.00 bits per heavy atom. The van der Waals surface area contributed by atoms with E-state index in [0.29, 0.717) is 16.7 Å². The second kappa shape index (κ2) is 5.06. The lowest BCUT2D eigenvalue weighted by Crippen LogP contribution is -2.05. The summed E-state index contributed by atoms with van der Waals surface area (Å²) >= 11 is 0. The molecule has 0 fully saturated rings. The molecule has 0 aromatic heterocycles. The Bertz CT molecular complexity index is 643. The normalized spacial score (nSPS) is 10.2. The molecule has 2 rings (SSSR count). The number of hydrogen-bond acceptors (Lipinski definition) is 3. The molecule has 0 heterocycles. The lowest BCUT2D eigenvalue weighted by Gasteiger charge is -2.08. The van der Waals surface area contributed by atoms with Gasteiger partial charge in [0.05, 0.1) is 5.56 Å². The molecular formula is C16H14O3. The van der Waals surface area contributed by atoms with Crippen LogP contribution in [-0.2, 0) is 0 Å². The summed E-state index contributed by atoms with van der Waals surface area (Å²) in [6.45, 7) is 3.17. The minimum Gasteiger partial charge on any atom is -0.507 e. The average Bonchev–Trinajstić information content (AvgIpc) is 2.38. The molecule has 0 aliphatic rings. The molecule has 0 amide bonds. The maximum absolute atomic E-state index is 12.3. The van der Waals surface area contributed by atoms with Crippen molar-refractivity contribution in [3.63, 3.8) is 0 Å². The first kappa shape index (κ1) is 13.0. The van der Waals surface area contributed by atoms with E-state index >= 15 is 0 Å². The zero-order valence-corrected chi connectivity index (χ0v) is 10.8. The fourth-order valence-corrected chi connectivity index (χ4v) is 2.00. The Kier molecular flexibility index (Phi) is 3.47. The number of ketones is 2. The molecule has 0 spiro atoms. The van der Waals surface area contributed by atoms with Crippen molar-refractivity contribution in [2.24, 2.45) is 0 Å². The standard InChI is InChI=1S/C16H14O3/c1-10-8-15(18)14(9-13(10)11(2)17)16(19)12-6-4-3-5-7-12/h3-9,18H,1-2H3. The number of carbonyl (C=O) groups is 2. The van der Waals surface area contributed by atoms with Crippen molar-refractivity contribution in [1.82, 2.24) is 0 Å². The van der Waals surface area contributed by atoms with Crippen LogP contribution < -0.4 is 0 Å². The van der Waals surface area contributed by atoms with Crippen LogP contribution in [0.4, 0.5) is 0 Å². The Balaban J connectivity index is 2.54. The van der Waals surface area contributed by atoms with Crippen LogP contribution in [0, 0.1) is 6.92 Å². The van der Waals surface area contributed by atoms with Gasteiger partial charge < -0.3 is 5.11 Å². The predicted octanol–water partition coefficient (Wildman–Crippen LogP) is 3.13. The highest BCUT2D eigenvalue weighted by Crippen LogP contribution is 2.25. The highest BCUT2D eigenvalue weighted by atomic mass is 16.3. The van der Waals surface area contributed by atoms with Gasteiger partial charge in [-0.2, -0.15) is 0 Å². The van der Waals surface area contributed by atoms with Crippen LogP contribution >= 0.6 is 0 Å². The number of hydrogen-bond donors (Lipinski definition) is 1. The van der Waals surface area contributed by atoms with Crippen LogP contribution in [0.15, 0.2) is 42.5 Å². The van der Waals surface area contributed by atoms with Gasteiger partial charge in [-0.15, -0.1) is 0 Å². The fourth-order valence-electron chi connectivity index (χ4n) is 2.00. The Hall–Kier alpha value is -2.42. The van der Waals surface area contributed by atoms with E-state index in [0.717, 1.165) is 0 Å². The van der Waals surface area contributed by atoms with E-state index in [2.05, 4.69) is 0 Å². The third kappa shape index (κ3) is 2.55.